The van der Waals surface area contributed by atoms with Gasteiger partial charge in [-0.05, 0) is 18.1 Å². The van der Waals surface area contributed by atoms with E-state index < -0.39 is 5.97 Å². The van der Waals surface area contributed by atoms with Crippen LogP contribution in [0.25, 0.3) is 11.3 Å². The lowest BCUT2D eigenvalue weighted by molar-refractivity contribution is -0.136. The van der Waals surface area contributed by atoms with Crippen molar-refractivity contribution in [3.05, 3.63) is 34.2 Å². The van der Waals surface area contributed by atoms with Crippen LogP contribution >= 0.6 is 22.9 Å². The normalized spacial score (nSPS) is 10.9. The number of hydrogen-bond acceptors (Lipinski definition) is 4. The zero-order chi connectivity index (χ0) is 15.4. The molecule has 1 aromatic carbocycles. The summed E-state index contributed by atoms with van der Waals surface area (Å²) < 4.78 is 0. The largest absolute Gasteiger partial charge is 0.481 e. The molecule has 2 N–H and O–H groups in total. The number of nitrogens with zero attached hydrogens (tertiary/aromatic N) is 1. The zero-order valence-electron chi connectivity index (χ0n) is 11.9. The van der Waals surface area contributed by atoms with E-state index in [0.717, 1.165) is 22.1 Å². The molecule has 4 nitrogen and oxygen atoms in total. The molecule has 0 saturated carbocycles. The molecule has 0 atom stereocenters. The second kappa shape index (κ2) is 6.91. The molecule has 0 fully saturated rings. The average Bonchev–Trinajstić information content (AvgIpc) is 2.79. The van der Waals surface area contributed by atoms with Crippen molar-refractivity contribution in [1.82, 2.24) is 4.98 Å². The molecule has 2 rings (SSSR count). The SMILES string of the molecule is CC(C)CNc1nc(-c2ccc(Cl)cc2)c(CC(=O)O)s1. The number of benzene rings is 1. The summed E-state index contributed by atoms with van der Waals surface area (Å²) in [5.74, 6) is -0.361. The van der Waals surface area contributed by atoms with Crippen LogP contribution in [0.4, 0.5) is 5.13 Å². The van der Waals surface area contributed by atoms with Crippen molar-refractivity contribution in [2.24, 2.45) is 5.92 Å². The molecule has 1 aromatic heterocycles. The number of anilines is 1. The summed E-state index contributed by atoms with van der Waals surface area (Å²) >= 11 is 7.28. The van der Waals surface area contributed by atoms with E-state index in [-0.39, 0.29) is 6.42 Å². The number of aliphatic carboxylic acids is 1. The monoisotopic (exact) mass is 324 g/mol. The Bertz CT molecular complexity index is 623. The van der Waals surface area contributed by atoms with Gasteiger partial charge in [-0.15, -0.1) is 11.3 Å². The quantitative estimate of drug-likeness (QED) is 0.837. The second-order valence-corrected chi connectivity index (χ2v) is 6.66. The van der Waals surface area contributed by atoms with Crippen molar-refractivity contribution < 1.29 is 9.90 Å². The summed E-state index contributed by atoms with van der Waals surface area (Å²) in [6.07, 6.45) is -0.0288. The minimum atomic E-state index is -0.857. The van der Waals surface area contributed by atoms with E-state index in [1.54, 1.807) is 12.1 Å². The Hall–Kier alpha value is -1.59. The van der Waals surface area contributed by atoms with Gasteiger partial charge in [-0.2, -0.15) is 0 Å². The molecule has 0 aliphatic rings. The Morgan fingerprint density at radius 1 is 1.38 bits per heavy atom. The van der Waals surface area contributed by atoms with E-state index in [1.165, 1.54) is 11.3 Å². The van der Waals surface area contributed by atoms with Crippen molar-refractivity contribution in [3.8, 4) is 11.3 Å². The molecule has 0 amide bonds. The molecule has 0 aliphatic carbocycles. The van der Waals surface area contributed by atoms with Gasteiger partial charge in [-0.1, -0.05) is 37.6 Å². The number of carboxylic acids is 1. The molecular weight excluding hydrogens is 308 g/mol. The summed E-state index contributed by atoms with van der Waals surface area (Å²) in [6.45, 7) is 5.03. The molecule has 21 heavy (non-hydrogen) atoms. The summed E-state index contributed by atoms with van der Waals surface area (Å²) in [4.78, 5) is 16.3. The van der Waals surface area contributed by atoms with Gasteiger partial charge in [0, 0.05) is 22.0 Å². The van der Waals surface area contributed by atoms with E-state index in [2.05, 4.69) is 24.1 Å². The first-order valence-corrected chi connectivity index (χ1v) is 7.86. The van der Waals surface area contributed by atoms with E-state index in [1.807, 2.05) is 12.1 Å². The molecule has 0 spiro atoms. The molecule has 1 heterocycles. The van der Waals surface area contributed by atoms with Crippen LogP contribution < -0.4 is 5.32 Å². The molecule has 2 aromatic rings. The number of halogens is 1. The van der Waals surface area contributed by atoms with Gasteiger partial charge < -0.3 is 10.4 Å². The lowest BCUT2D eigenvalue weighted by Crippen LogP contribution is -2.07. The predicted molar refractivity (Wildman–Crippen MR) is 87.2 cm³/mol. The minimum Gasteiger partial charge on any atom is -0.481 e. The van der Waals surface area contributed by atoms with E-state index in [4.69, 9.17) is 16.7 Å². The number of nitrogens with one attached hydrogen (secondary N) is 1. The van der Waals surface area contributed by atoms with Gasteiger partial charge >= 0.3 is 5.97 Å². The van der Waals surface area contributed by atoms with Crippen molar-refractivity contribution in [3.63, 3.8) is 0 Å². The number of thiazole rings is 1. The fraction of sp³-hybridized carbons (Fsp3) is 0.333. The maximum absolute atomic E-state index is 11.0. The number of carbonyl (C=O) groups is 1. The Kier molecular flexibility index (Phi) is 5.20. The summed E-state index contributed by atoms with van der Waals surface area (Å²) in [5, 5.41) is 13.7. The molecule has 0 unspecified atom stereocenters. The van der Waals surface area contributed by atoms with E-state index in [0.29, 0.717) is 16.6 Å². The summed E-state index contributed by atoms with van der Waals surface area (Å²) in [6, 6.07) is 7.27. The van der Waals surface area contributed by atoms with Gasteiger partial charge in [0.05, 0.1) is 12.1 Å². The van der Waals surface area contributed by atoms with Crippen LogP contribution in [0.2, 0.25) is 5.02 Å². The fourth-order valence-corrected chi connectivity index (χ4v) is 2.92. The molecular formula is C15H17ClN2O2S. The first-order valence-electron chi connectivity index (χ1n) is 6.67. The van der Waals surface area contributed by atoms with Crippen molar-refractivity contribution in [1.29, 1.82) is 0 Å². The molecule has 0 aliphatic heterocycles. The van der Waals surface area contributed by atoms with Gasteiger partial charge in [-0.3, -0.25) is 4.79 Å². The number of aromatic nitrogens is 1. The average molecular weight is 325 g/mol. The van der Waals surface area contributed by atoms with Gasteiger partial charge in [0.25, 0.3) is 0 Å². The predicted octanol–water partition coefficient (Wildman–Crippen LogP) is 4.16. The molecule has 0 saturated heterocycles. The van der Waals surface area contributed by atoms with Crippen LogP contribution in [-0.4, -0.2) is 22.6 Å². The maximum atomic E-state index is 11.0. The maximum Gasteiger partial charge on any atom is 0.308 e. The minimum absolute atomic E-state index is 0.0288. The van der Waals surface area contributed by atoms with Crippen LogP contribution in [0.15, 0.2) is 24.3 Å². The van der Waals surface area contributed by atoms with Gasteiger partial charge in [-0.25, -0.2) is 4.98 Å². The second-order valence-electron chi connectivity index (χ2n) is 5.14. The highest BCUT2D eigenvalue weighted by Gasteiger charge is 2.15. The highest BCUT2D eigenvalue weighted by atomic mass is 35.5. The van der Waals surface area contributed by atoms with Crippen molar-refractivity contribution >= 4 is 34.0 Å². The smallest absolute Gasteiger partial charge is 0.308 e. The Balaban J connectivity index is 2.32. The number of carboxylic acid groups (broad SMARTS) is 1. The first kappa shape index (κ1) is 15.8. The fourth-order valence-electron chi connectivity index (χ4n) is 1.81. The van der Waals surface area contributed by atoms with Crippen molar-refractivity contribution in [2.45, 2.75) is 20.3 Å². The van der Waals surface area contributed by atoms with E-state index in [9.17, 15) is 4.79 Å². The van der Waals surface area contributed by atoms with Gasteiger partial charge in [0.1, 0.15) is 0 Å². The standard InChI is InChI=1S/C15H17ClN2O2S/c1-9(2)8-17-15-18-14(12(21-15)7-13(19)20)10-3-5-11(16)6-4-10/h3-6,9H,7-8H2,1-2H3,(H,17,18)(H,19,20). The number of hydrogen-bond donors (Lipinski definition) is 2. The van der Waals surface area contributed by atoms with Gasteiger partial charge in [0.2, 0.25) is 0 Å². The molecule has 0 bridgehead atoms. The molecule has 0 radical (unpaired) electrons. The van der Waals surface area contributed by atoms with Crippen LogP contribution in [-0.2, 0) is 11.2 Å². The lowest BCUT2D eigenvalue weighted by Gasteiger charge is -2.04. The summed E-state index contributed by atoms with van der Waals surface area (Å²) in [7, 11) is 0. The van der Waals surface area contributed by atoms with Crippen LogP contribution in [0.3, 0.4) is 0 Å². The zero-order valence-corrected chi connectivity index (χ0v) is 13.5. The highest BCUT2D eigenvalue weighted by Crippen LogP contribution is 2.32. The third kappa shape index (κ3) is 4.44. The lowest BCUT2D eigenvalue weighted by atomic mass is 10.1. The van der Waals surface area contributed by atoms with E-state index >= 15 is 0 Å². The third-order valence-electron chi connectivity index (χ3n) is 2.79. The first-order chi connectivity index (χ1) is 9.95. The summed E-state index contributed by atoms with van der Waals surface area (Å²) in [5.41, 5.74) is 1.59. The highest BCUT2D eigenvalue weighted by molar-refractivity contribution is 7.16. The Labute approximate surface area is 132 Å². The van der Waals surface area contributed by atoms with Crippen molar-refractivity contribution in [2.75, 3.05) is 11.9 Å². The number of rotatable bonds is 6. The topological polar surface area (TPSA) is 62.2 Å². The molecule has 112 valence electrons. The Morgan fingerprint density at radius 2 is 2.05 bits per heavy atom. The third-order valence-corrected chi connectivity index (χ3v) is 4.05. The Morgan fingerprint density at radius 3 is 2.62 bits per heavy atom. The van der Waals surface area contributed by atoms with Crippen LogP contribution in [0.1, 0.15) is 18.7 Å². The van der Waals surface area contributed by atoms with Crippen LogP contribution in [0, 0.1) is 5.92 Å². The van der Waals surface area contributed by atoms with Gasteiger partial charge in [0.15, 0.2) is 5.13 Å². The van der Waals surface area contributed by atoms with Crippen LogP contribution in [0.5, 0.6) is 0 Å². The molecule has 6 heteroatoms.